The zero-order valence-corrected chi connectivity index (χ0v) is 23.4. The van der Waals surface area contributed by atoms with E-state index in [2.05, 4.69) is 0 Å². The molecular weight excluding hydrogens is 544 g/mol. The Morgan fingerprint density at radius 1 is 0.762 bits per heavy atom. The summed E-state index contributed by atoms with van der Waals surface area (Å²) in [4.78, 5) is 11.8. The highest BCUT2D eigenvalue weighted by atomic mass is 16.9. The molecule has 2 saturated heterocycles. The van der Waals surface area contributed by atoms with E-state index in [1.807, 2.05) is 52.0 Å². The summed E-state index contributed by atoms with van der Waals surface area (Å²) in [6.07, 6.45) is 6.30. The molecule has 0 amide bonds. The Bertz CT molecular complexity index is 1960. The summed E-state index contributed by atoms with van der Waals surface area (Å²) in [5.41, 5.74) is 0.845. The van der Waals surface area contributed by atoms with Gasteiger partial charge >= 0.3 is 11.6 Å². The standard InChI is InChI=1S/C32H28O10/c1-30(2)25(40-30)15-36-29-18-7-10-32(39-24(18)14-22-20(29)9-12-35-22)41-26(31(3,4)42-32)16-37-28-17-5-6-27(33)38-23(17)13-21-19(28)8-11-34-21/h5-14,25-26H,15-16H2,1-4H3. The summed E-state index contributed by atoms with van der Waals surface area (Å²) >= 11 is 0. The van der Waals surface area contributed by atoms with Gasteiger partial charge in [0.2, 0.25) is 0 Å². The van der Waals surface area contributed by atoms with Crippen molar-refractivity contribution in [3.63, 3.8) is 0 Å². The molecule has 42 heavy (non-hydrogen) atoms. The fourth-order valence-electron chi connectivity index (χ4n) is 5.65. The Labute approximate surface area is 239 Å². The van der Waals surface area contributed by atoms with Crippen molar-refractivity contribution in [1.29, 1.82) is 0 Å². The lowest BCUT2D eigenvalue weighted by molar-refractivity contribution is -0.271. The zero-order chi connectivity index (χ0) is 28.9. The molecule has 0 N–H and O–H groups in total. The third-order valence-corrected chi connectivity index (χ3v) is 8.14. The summed E-state index contributed by atoms with van der Waals surface area (Å²) in [5.74, 6) is 0.195. The van der Waals surface area contributed by atoms with Gasteiger partial charge < -0.3 is 41.7 Å². The quantitative estimate of drug-likeness (QED) is 0.173. The Morgan fingerprint density at radius 2 is 1.40 bits per heavy atom. The van der Waals surface area contributed by atoms with Gasteiger partial charge in [-0.2, -0.15) is 0 Å². The fraction of sp³-hybridized carbons (Fsp3) is 0.344. The highest BCUT2D eigenvalue weighted by Crippen LogP contribution is 2.48. The molecule has 5 aromatic rings. The van der Waals surface area contributed by atoms with Gasteiger partial charge in [-0.15, -0.1) is 0 Å². The molecule has 3 aliphatic heterocycles. The number of hydrogen-bond donors (Lipinski definition) is 0. The smallest absolute Gasteiger partial charge is 0.350 e. The van der Waals surface area contributed by atoms with E-state index in [4.69, 9.17) is 41.7 Å². The van der Waals surface area contributed by atoms with Crippen LogP contribution < -0.4 is 19.8 Å². The van der Waals surface area contributed by atoms with Crippen LogP contribution in [0.4, 0.5) is 0 Å². The van der Waals surface area contributed by atoms with E-state index in [0.717, 1.165) is 16.3 Å². The van der Waals surface area contributed by atoms with Crippen molar-refractivity contribution in [3.05, 3.63) is 71.0 Å². The topological polar surface area (TPSA) is 115 Å². The Morgan fingerprint density at radius 3 is 2.14 bits per heavy atom. The molecule has 3 aliphatic rings. The summed E-state index contributed by atoms with van der Waals surface area (Å²) in [6.45, 7) is 8.44. The van der Waals surface area contributed by atoms with Crippen molar-refractivity contribution in [2.75, 3.05) is 13.2 Å². The predicted octanol–water partition coefficient (Wildman–Crippen LogP) is 6.17. The molecule has 3 aromatic heterocycles. The second-order valence-corrected chi connectivity index (χ2v) is 11.8. The maximum atomic E-state index is 11.8. The van der Waals surface area contributed by atoms with Gasteiger partial charge in [0.05, 0.1) is 45.5 Å². The zero-order valence-electron chi connectivity index (χ0n) is 23.4. The molecule has 2 fully saturated rings. The maximum Gasteiger partial charge on any atom is 0.350 e. The Hall–Kier alpha value is -4.25. The third-order valence-electron chi connectivity index (χ3n) is 8.14. The first-order valence-electron chi connectivity index (χ1n) is 13.8. The van der Waals surface area contributed by atoms with Crippen LogP contribution in [0.3, 0.4) is 0 Å². The molecule has 3 atom stereocenters. The average molecular weight is 573 g/mol. The Balaban J connectivity index is 1.08. The van der Waals surface area contributed by atoms with Crippen LogP contribution in [0.2, 0.25) is 0 Å². The molecule has 216 valence electrons. The molecule has 10 nitrogen and oxygen atoms in total. The number of furan rings is 2. The minimum Gasteiger partial charge on any atom is -0.489 e. The summed E-state index contributed by atoms with van der Waals surface area (Å²) in [5, 5.41) is 2.24. The lowest BCUT2D eigenvalue weighted by Gasteiger charge is -2.30. The van der Waals surface area contributed by atoms with Gasteiger partial charge in [-0.25, -0.2) is 4.79 Å². The summed E-state index contributed by atoms with van der Waals surface area (Å²) in [7, 11) is 0. The number of hydrogen-bond acceptors (Lipinski definition) is 10. The average Bonchev–Trinajstić information content (AvgIpc) is 3.35. The first-order valence-corrected chi connectivity index (χ1v) is 13.8. The highest BCUT2D eigenvalue weighted by molar-refractivity contribution is 6.01. The molecule has 10 heteroatoms. The number of fused-ring (bicyclic) bond motifs is 4. The van der Waals surface area contributed by atoms with Crippen molar-refractivity contribution < 1.29 is 41.7 Å². The van der Waals surface area contributed by atoms with Gasteiger partial charge in [0.15, 0.2) is 0 Å². The Kier molecular flexibility index (Phi) is 5.23. The number of epoxide rings is 1. The van der Waals surface area contributed by atoms with Crippen LogP contribution >= 0.6 is 0 Å². The minimum absolute atomic E-state index is 0.0132. The minimum atomic E-state index is -1.49. The van der Waals surface area contributed by atoms with Crippen molar-refractivity contribution in [1.82, 2.24) is 0 Å². The van der Waals surface area contributed by atoms with Crippen LogP contribution in [-0.2, 0) is 14.2 Å². The van der Waals surface area contributed by atoms with Gasteiger partial charge in [-0.3, -0.25) is 0 Å². The first kappa shape index (κ1) is 25.5. The lowest BCUT2D eigenvalue weighted by atomic mass is 10.0. The van der Waals surface area contributed by atoms with Crippen LogP contribution in [0.25, 0.3) is 39.0 Å². The van der Waals surface area contributed by atoms with E-state index in [9.17, 15) is 4.79 Å². The largest absolute Gasteiger partial charge is 0.489 e. The van der Waals surface area contributed by atoms with E-state index in [0.29, 0.717) is 46.0 Å². The normalized spacial score (nSPS) is 25.2. The van der Waals surface area contributed by atoms with Gasteiger partial charge in [-0.05, 0) is 52.0 Å². The van der Waals surface area contributed by atoms with Crippen LogP contribution in [0.5, 0.6) is 17.2 Å². The van der Waals surface area contributed by atoms with Crippen LogP contribution in [0, 0.1) is 0 Å². The van der Waals surface area contributed by atoms with Gasteiger partial charge in [0, 0.05) is 24.3 Å². The molecule has 1 spiro atoms. The monoisotopic (exact) mass is 572 g/mol. The number of rotatable bonds is 6. The third kappa shape index (κ3) is 4.01. The van der Waals surface area contributed by atoms with Gasteiger partial charge in [-0.1, -0.05) is 0 Å². The molecule has 0 bridgehead atoms. The maximum absolute atomic E-state index is 11.8. The lowest BCUT2D eigenvalue weighted by Crippen LogP contribution is -2.39. The molecule has 3 unspecified atom stereocenters. The molecule has 0 radical (unpaired) electrons. The molecule has 2 aromatic carbocycles. The summed E-state index contributed by atoms with van der Waals surface area (Å²) in [6, 6.07) is 10.2. The molecule has 0 saturated carbocycles. The van der Waals surface area contributed by atoms with Crippen LogP contribution in [0.1, 0.15) is 33.3 Å². The SMILES string of the molecule is CC1(C)OC1COc1c2c(cc3occc13)OC1(C=C2)OC(COc2c3ccoc3cc3oc(=O)ccc23)C(C)(C)O1. The molecule has 6 heterocycles. The predicted molar refractivity (Wildman–Crippen MR) is 151 cm³/mol. The highest BCUT2D eigenvalue weighted by Gasteiger charge is 2.55. The second-order valence-electron chi connectivity index (χ2n) is 11.8. The second kappa shape index (κ2) is 8.64. The van der Waals surface area contributed by atoms with E-state index >= 15 is 0 Å². The first-order chi connectivity index (χ1) is 20.1. The van der Waals surface area contributed by atoms with Crippen molar-refractivity contribution in [3.8, 4) is 17.2 Å². The van der Waals surface area contributed by atoms with Crippen molar-refractivity contribution >= 4 is 39.0 Å². The van der Waals surface area contributed by atoms with E-state index in [1.165, 1.54) is 6.07 Å². The van der Waals surface area contributed by atoms with E-state index < -0.39 is 23.3 Å². The molecular formula is C32H28O10. The van der Waals surface area contributed by atoms with Crippen molar-refractivity contribution in [2.45, 2.75) is 57.1 Å². The number of ether oxygens (including phenoxy) is 6. The fourth-order valence-corrected chi connectivity index (χ4v) is 5.65. The van der Waals surface area contributed by atoms with Crippen molar-refractivity contribution in [2.24, 2.45) is 0 Å². The summed E-state index contributed by atoms with van der Waals surface area (Å²) < 4.78 is 54.2. The van der Waals surface area contributed by atoms with Crippen LogP contribution in [-0.4, -0.2) is 42.6 Å². The van der Waals surface area contributed by atoms with E-state index in [-0.39, 0.29) is 18.3 Å². The number of benzene rings is 2. The molecule has 0 aliphatic carbocycles. The van der Waals surface area contributed by atoms with Gasteiger partial charge in [0.1, 0.15) is 59.4 Å². The van der Waals surface area contributed by atoms with Crippen LogP contribution in [0.15, 0.2) is 73.0 Å². The van der Waals surface area contributed by atoms with E-state index in [1.54, 1.807) is 30.7 Å². The molecule has 8 rings (SSSR count). The van der Waals surface area contributed by atoms with Gasteiger partial charge in [0.25, 0.3) is 0 Å².